The van der Waals surface area contributed by atoms with Crippen molar-refractivity contribution >= 4 is 21.8 Å². The van der Waals surface area contributed by atoms with Crippen LogP contribution in [0.15, 0.2) is 200 Å². The van der Waals surface area contributed by atoms with Crippen molar-refractivity contribution < 1.29 is 21.2 Å². The van der Waals surface area contributed by atoms with E-state index in [2.05, 4.69) is 144 Å². The maximum atomic E-state index is 5.03. The van der Waals surface area contributed by atoms with Gasteiger partial charge >= 0.3 is 228 Å². The van der Waals surface area contributed by atoms with Gasteiger partial charge < -0.3 is 0 Å². The van der Waals surface area contributed by atoms with Crippen molar-refractivity contribution in [3.05, 3.63) is 215 Å². The van der Waals surface area contributed by atoms with Crippen LogP contribution in [-0.2, 0) is 6.42 Å². The molecule has 0 spiro atoms. The Hall–Kier alpha value is -6.70. The summed E-state index contributed by atoms with van der Waals surface area (Å²) >= 11 is -0.172. The van der Waals surface area contributed by atoms with Crippen molar-refractivity contribution in [2.45, 2.75) is 10.3 Å². The van der Waals surface area contributed by atoms with E-state index in [1.807, 2.05) is 60.7 Å². The minimum absolute atomic E-state index is 0.172. The molecule has 11 rings (SSSR count). The molecule has 1 aliphatic heterocycles. The number of para-hydroxylation sites is 1. The first-order chi connectivity index (χ1) is 28.7. The molecule has 0 fully saturated rings. The molecule has 5 heteroatoms. The molecule has 58 heavy (non-hydrogen) atoms. The molecule has 276 valence electrons. The van der Waals surface area contributed by atoms with E-state index in [0.717, 1.165) is 39.8 Å². The van der Waals surface area contributed by atoms with Gasteiger partial charge in [0.2, 0.25) is 0 Å². The van der Waals surface area contributed by atoms with Crippen LogP contribution in [0.25, 0.3) is 83.9 Å². The van der Waals surface area contributed by atoms with Crippen LogP contribution in [0, 0.1) is 3.57 Å². The Kier molecular flexibility index (Phi) is 8.73. The molecule has 0 radical (unpaired) electrons. The van der Waals surface area contributed by atoms with Crippen molar-refractivity contribution in [3.8, 4) is 62.1 Å². The zero-order chi connectivity index (χ0) is 38.4. The Bertz CT molecular complexity index is 3060. The van der Waals surface area contributed by atoms with Crippen LogP contribution in [0.5, 0.6) is 0 Å². The first-order valence-electron chi connectivity index (χ1n) is 19.7. The van der Waals surface area contributed by atoms with Gasteiger partial charge in [-0.25, -0.2) is 15.0 Å². The third kappa shape index (κ3) is 6.28. The van der Waals surface area contributed by atoms with Crippen LogP contribution in [0.3, 0.4) is 0 Å². The van der Waals surface area contributed by atoms with Gasteiger partial charge in [-0.3, -0.25) is 0 Å². The molecular formula is C53H36IN4-. The number of alkyl halides is 1. The van der Waals surface area contributed by atoms with Crippen molar-refractivity contribution in [3.63, 3.8) is 0 Å². The zero-order valence-corrected chi connectivity index (χ0v) is 33.7. The fourth-order valence-electron chi connectivity index (χ4n) is 8.34. The Morgan fingerprint density at radius 1 is 0.414 bits per heavy atom. The van der Waals surface area contributed by atoms with Crippen LogP contribution in [-0.4, -0.2) is 19.5 Å². The first-order valence-corrected chi connectivity index (χ1v) is 22.0. The molecule has 1 unspecified atom stereocenters. The van der Waals surface area contributed by atoms with E-state index in [0.29, 0.717) is 21.4 Å². The normalized spacial score (nSPS) is 13.5. The van der Waals surface area contributed by atoms with E-state index in [-0.39, 0.29) is 21.2 Å². The summed E-state index contributed by atoms with van der Waals surface area (Å²) < 4.78 is 4.46. The second kappa shape index (κ2) is 14.7. The Labute approximate surface area is 347 Å². The number of rotatable bonds is 7. The average molecular weight is 856 g/mol. The summed E-state index contributed by atoms with van der Waals surface area (Å²) in [5, 5.41) is 2.45. The van der Waals surface area contributed by atoms with Gasteiger partial charge in [0.1, 0.15) is 0 Å². The summed E-state index contributed by atoms with van der Waals surface area (Å²) in [7, 11) is 0. The summed E-state index contributed by atoms with van der Waals surface area (Å²) in [5.41, 5.74) is 14.3. The van der Waals surface area contributed by atoms with Crippen LogP contribution in [0.4, 0.5) is 0 Å². The molecule has 10 aromatic rings. The van der Waals surface area contributed by atoms with Crippen molar-refractivity contribution in [2.75, 3.05) is 0 Å². The second-order valence-electron chi connectivity index (χ2n) is 14.7. The molecule has 2 aromatic heterocycles. The Morgan fingerprint density at radius 3 is 1.76 bits per heavy atom. The van der Waals surface area contributed by atoms with Gasteiger partial charge in [-0.15, -0.1) is 0 Å². The molecule has 8 aromatic carbocycles. The molecule has 1 aliphatic rings. The number of fused-ring (bicyclic) bond motifs is 6. The molecule has 0 amide bonds. The molecule has 1 atom stereocenters. The van der Waals surface area contributed by atoms with Crippen LogP contribution in [0.1, 0.15) is 15.1 Å². The van der Waals surface area contributed by atoms with Crippen LogP contribution >= 0.6 is 0 Å². The van der Waals surface area contributed by atoms with Gasteiger partial charge in [-0.1, -0.05) is 72.8 Å². The van der Waals surface area contributed by atoms with E-state index >= 15 is 0 Å². The second-order valence-corrected chi connectivity index (χ2v) is 18.0. The summed E-state index contributed by atoms with van der Waals surface area (Å²) in [4.78, 5) is 15.0. The molecule has 0 saturated heterocycles. The molecule has 0 N–H and O–H groups in total. The summed E-state index contributed by atoms with van der Waals surface area (Å²) in [6.45, 7) is 0. The van der Waals surface area contributed by atoms with E-state index in [9.17, 15) is 0 Å². The molecule has 0 bridgehead atoms. The van der Waals surface area contributed by atoms with Crippen LogP contribution < -0.4 is 21.2 Å². The van der Waals surface area contributed by atoms with Gasteiger partial charge in [0.05, 0.1) is 0 Å². The van der Waals surface area contributed by atoms with Crippen LogP contribution in [0.2, 0.25) is 0 Å². The predicted octanol–water partition coefficient (Wildman–Crippen LogP) is 9.86. The summed E-state index contributed by atoms with van der Waals surface area (Å²) in [6.07, 6.45) is 1.08. The average Bonchev–Trinajstić information content (AvgIpc) is 3.63. The van der Waals surface area contributed by atoms with Gasteiger partial charge in [0.25, 0.3) is 0 Å². The van der Waals surface area contributed by atoms with Crippen molar-refractivity contribution in [2.24, 2.45) is 0 Å². The molecule has 0 saturated carbocycles. The van der Waals surface area contributed by atoms with Gasteiger partial charge in [0, 0.05) is 16.7 Å². The standard InChI is InChI=1S/C53H36IN4/c1-4-15-35(16-5-1)31-48-43-29-27-38(33-45(43)42-23-10-12-25-47(42)54-48)39-28-30-50-46(34-39)44-24-11-13-26-49(44)58(50)41-22-14-21-40(32-41)53-56-51(36-17-6-2-7-18-36)55-52(57-53)37-19-8-3-9-20-37/h1-30,32-34,48H,31H2/q-1. The number of benzene rings is 8. The Balaban J connectivity index is 1.01. The fourth-order valence-corrected chi connectivity index (χ4v) is 12.0. The van der Waals surface area contributed by atoms with E-state index in [4.69, 9.17) is 15.0 Å². The number of halogens is 1. The van der Waals surface area contributed by atoms with Crippen molar-refractivity contribution in [1.82, 2.24) is 19.5 Å². The molecule has 3 heterocycles. The third-order valence-electron chi connectivity index (χ3n) is 11.1. The van der Waals surface area contributed by atoms with E-state index in [1.165, 1.54) is 47.7 Å². The van der Waals surface area contributed by atoms with E-state index in [1.54, 1.807) is 0 Å². The Morgan fingerprint density at radius 2 is 1.00 bits per heavy atom. The molecular weight excluding hydrogens is 820 g/mol. The minimum atomic E-state index is -0.172. The number of hydrogen-bond donors (Lipinski definition) is 0. The number of hydrogen-bond acceptors (Lipinski definition) is 3. The number of nitrogens with zero attached hydrogens (tertiary/aromatic N) is 4. The van der Waals surface area contributed by atoms with Gasteiger partial charge in [0.15, 0.2) is 17.5 Å². The first kappa shape index (κ1) is 34.5. The number of aromatic nitrogens is 4. The monoisotopic (exact) mass is 855 g/mol. The fraction of sp³-hybridized carbons (Fsp3) is 0.0377. The molecule has 0 aliphatic carbocycles. The zero-order valence-electron chi connectivity index (χ0n) is 31.5. The summed E-state index contributed by atoms with van der Waals surface area (Å²) in [6, 6.07) is 71.8. The predicted molar refractivity (Wildman–Crippen MR) is 233 cm³/mol. The SMILES string of the molecule is c1ccc(CC2[I-]c3ccccc3-c3cc(-c4ccc5c(c4)c4ccccc4n5-c4cccc(-c5nc(-c6ccccc6)nc(-c6ccccc6)n5)c4)ccc32)cc1. The van der Waals surface area contributed by atoms with Crippen molar-refractivity contribution in [1.29, 1.82) is 0 Å². The topological polar surface area (TPSA) is 43.6 Å². The summed E-state index contributed by atoms with van der Waals surface area (Å²) in [5.74, 6) is 1.94. The molecule has 4 nitrogen and oxygen atoms in total. The van der Waals surface area contributed by atoms with E-state index < -0.39 is 0 Å². The maximum absolute atomic E-state index is 5.03. The van der Waals surface area contributed by atoms with Gasteiger partial charge in [-0.05, 0) is 0 Å². The van der Waals surface area contributed by atoms with Gasteiger partial charge in [-0.2, -0.15) is 0 Å². The third-order valence-corrected chi connectivity index (χ3v) is 14.6. The quantitative estimate of drug-likeness (QED) is 0.119.